The number of nitrogens with two attached hydrogens (primary N) is 1. The number of quaternary nitrogens is 1. The average molecular weight is 482 g/mol. The molecule has 11 heteroatoms. The van der Waals surface area contributed by atoms with Gasteiger partial charge in [0.05, 0.1) is 13.6 Å². The van der Waals surface area contributed by atoms with Crippen molar-refractivity contribution >= 4 is 46.6 Å². The number of aromatic nitrogens is 2. The molecule has 0 spiro atoms. The van der Waals surface area contributed by atoms with E-state index in [4.69, 9.17) is 27.9 Å². The van der Waals surface area contributed by atoms with Gasteiger partial charge in [-0.2, -0.15) is 4.99 Å². The van der Waals surface area contributed by atoms with Crippen LogP contribution in [0.25, 0.3) is 0 Å². The summed E-state index contributed by atoms with van der Waals surface area (Å²) >= 11 is 12.8. The van der Waals surface area contributed by atoms with Crippen LogP contribution in [-0.4, -0.2) is 34.0 Å². The number of hydrogen-bond acceptors (Lipinski definition) is 5. The molecule has 0 radical (unpaired) electrons. The molecule has 0 unspecified atom stereocenters. The highest BCUT2D eigenvalue weighted by molar-refractivity contribution is 7.03. The molecule has 1 heterocycles. The van der Waals surface area contributed by atoms with Crippen LogP contribution in [0.4, 0.5) is 0 Å². The number of nitrogens with zero attached hydrogens (tertiary/aromatic N) is 3. The fourth-order valence-corrected chi connectivity index (χ4v) is 3.75. The quantitative estimate of drug-likeness (QED) is 0.516. The summed E-state index contributed by atoms with van der Waals surface area (Å²) < 4.78 is 7.73. The maximum atomic E-state index is 12.9. The standard InChI is InChI=1S/C20H18Cl2N4O4S/c1-23-10-17(27)30-12-25-19(24-18(28)14-4-8-16(22)9-5-14)31-26(20(25)29)11-13-2-6-15(21)7-3-13/h2-9,23H,10-12H2,1H3/p+1. The van der Waals surface area contributed by atoms with Crippen molar-refractivity contribution in [2.24, 2.45) is 4.99 Å². The summed E-state index contributed by atoms with van der Waals surface area (Å²) in [6.45, 7) is 0.0181. The first-order chi connectivity index (χ1) is 14.9. The molecule has 8 nitrogen and oxygen atoms in total. The molecule has 0 atom stereocenters. The molecule has 1 aromatic heterocycles. The predicted molar refractivity (Wildman–Crippen MR) is 117 cm³/mol. The lowest BCUT2D eigenvalue weighted by atomic mass is 10.2. The van der Waals surface area contributed by atoms with Crippen LogP contribution in [0.15, 0.2) is 58.3 Å². The number of amides is 1. The van der Waals surface area contributed by atoms with Crippen molar-refractivity contribution in [2.75, 3.05) is 13.6 Å². The highest BCUT2D eigenvalue weighted by Gasteiger charge is 2.14. The van der Waals surface area contributed by atoms with E-state index in [0.717, 1.165) is 21.7 Å². The van der Waals surface area contributed by atoms with Crippen LogP contribution in [0.2, 0.25) is 10.0 Å². The lowest BCUT2D eigenvalue weighted by Crippen LogP contribution is -2.81. The topological polar surface area (TPSA) is 99.3 Å². The summed E-state index contributed by atoms with van der Waals surface area (Å²) in [5, 5.41) is 2.72. The molecule has 31 heavy (non-hydrogen) atoms. The Kier molecular flexibility index (Phi) is 7.80. The van der Waals surface area contributed by atoms with E-state index in [2.05, 4.69) is 4.99 Å². The Bertz CT molecular complexity index is 1200. The van der Waals surface area contributed by atoms with Crippen molar-refractivity contribution in [3.05, 3.63) is 85.0 Å². The first kappa shape index (κ1) is 23.0. The fraction of sp³-hybridized carbons (Fsp3) is 0.200. The van der Waals surface area contributed by atoms with Crippen LogP contribution in [0.3, 0.4) is 0 Å². The molecule has 2 N–H and O–H groups in total. The van der Waals surface area contributed by atoms with Gasteiger partial charge in [0.2, 0.25) is 4.80 Å². The molecule has 1 amide bonds. The van der Waals surface area contributed by atoms with E-state index in [-0.39, 0.29) is 24.6 Å². The van der Waals surface area contributed by atoms with Gasteiger partial charge in [0.15, 0.2) is 13.3 Å². The third-order valence-corrected chi connectivity index (χ3v) is 5.60. The van der Waals surface area contributed by atoms with Crippen LogP contribution in [0.1, 0.15) is 15.9 Å². The highest BCUT2D eigenvalue weighted by atomic mass is 35.5. The van der Waals surface area contributed by atoms with Gasteiger partial charge < -0.3 is 10.1 Å². The molecular weight excluding hydrogens is 463 g/mol. The summed E-state index contributed by atoms with van der Waals surface area (Å²) in [6, 6.07) is 13.3. The summed E-state index contributed by atoms with van der Waals surface area (Å²) in [7, 11) is 1.73. The van der Waals surface area contributed by atoms with Crippen molar-refractivity contribution < 1.29 is 19.6 Å². The average Bonchev–Trinajstić information content (AvgIpc) is 3.03. The Balaban J connectivity index is 1.97. The van der Waals surface area contributed by atoms with Crippen molar-refractivity contribution in [3.63, 3.8) is 0 Å². The van der Waals surface area contributed by atoms with Gasteiger partial charge in [0.1, 0.15) is 0 Å². The normalized spacial score (nSPS) is 11.5. The number of halogens is 2. The van der Waals surface area contributed by atoms with Gasteiger partial charge in [-0.1, -0.05) is 35.3 Å². The van der Waals surface area contributed by atoms with Gasteiger partial charge in [0.25, 0.3) is 5.91 Å². The Morgan fingerprint density at radius 1 is 1.06 bits per heavy atom. The van der Waals surface area contributed by atoms with Crippen molar-refractivity contribution in [3.8, 4) is 0 Å². The van der Waals surface area contributed by atoms with E-state index in [1.165, 1.54) is 3.96 Å². The summed E-state index contributed by atoms with van der Waals surface area (Å²) in [5.74, 6) is -1.03. The SMILES string of the molecule is C[NH2+]CC(=O)OCn1c(=NC(=O)c2ccc(Cl)cc2)sn(Cc2ccc(Cl)cc2)c1=O. The Morgan fingerprint density at radius 3 is 2.29 bits per heavy atom. The largest absolute Gasteiger partial charge is 0.439 e. The first-order valence-electron chi connectivity index (χ1n) is 9.21. The molecule has 0 bridgehead atoms. The van der Waals surface area contributed by atoms with Crippen LogP contribution in [0, 0.1) is 0 Å². The second-order valence-electron chi connectivity index (χ2n) is 6.43. The van der Waals surface area contributed by atoms with Crippen LogP contribution in [-0.2, 0) is 22.8 Å². The molecule has 0 aliphatic carbocycles. The second-order valence-corrected chi connectivity index (χ2v) is 8.29. The molecule has 0 fully saturated rings. The second kappa shape index (κ2) is 10.5. The molecule has 0 aliphatic heterocycles. The van der Waals surface area contributed by atoms with Crippen molar-refractivity contribution in [2.45, 2.75) is 13.3 Å². The number of likely N-dealkylation sites (N-methyl/N-ethyl adjacent to an activating group) is 1. The minimum atomic E-state index is -0.543. The number of carbonyl (C=O) groups is 2. The van der Waals surface area contributed by atoms with Crippen molar-refractivity contribution in [1.29, 1.82) is 0 Å². The summed E-state index contributed by atoms with van der Waals surface area (Å²) in [4.78, 5) is 41.4. The van der Waals surface area contributed by atoms with Crippen molar-refractivity contribution in [1.82, 2.24) is 8.52 Å². The van der Waals surface area contributed by atoms with Gasteiger partial charge in [-0.05, 0) is 53.5 Å². The number of hydrogen-bond donors (Lipinski definition) is 1. The van der Waals surface area contributed by atoms with E-state index in [1.54, 1.807) is 60.9 Å². The number of esters is 1. The van der Waals surface area contributed by atoms with Gasteiger partial charge in [-0.3, -0.25) is 4.79 Å². The van der Waals surface area contributed by atoms with E-state index in [9.17, 15) is 14.4 Å². The van der Waals surface area contributed by atoms with E-state index in [0.29, 0.717) is 15.6 Å². The number of rotatable bonds is 7. The summed E-state index contributed by atoms with van der Waals surface area (Å²) in [6.07, 6.45) is 0. The lowest BCUT2D eigenvalue weighted by molar-refractivity contribution is -0.617. The highest BCUT2D eigenvalue weighted by Crippen LogP contribution is 2.11. The molecule has 3 rings (SSSR count). The van der Waals surface area contributed by atoms with Gasteiger partial charge in [-0.15, -0.1) is 0 Å². The molecule has 0 saturated carbocycles. The smallest absolute Gasteiger partial charge is 0.363 e. The minimum absolute atomic E-state index is 0.111. The third kappa shape index (κ3) is 6.14. The minimum Gasteiger partial charge on any atom is -0.439 e. The van der Waals surface area contributed by atoms with Crippen LogP contribution >= 0.6 is 34.7 Å². The third-order valence-electron chi connectivity index (χ3n) is 4.12. The predicted octanol–water partition coefficient (Wildman–Crippen LogP) is 1.50. The zero-order valence-corrected chi connectivity index (χ0v) is 18.8. The fourth-order valence-electron chi connectivity index (χ4n) is 2.56. The molecule has 0 aliphatic rings. The van der Waals surface area contributed by atoms with Gasteiger partial charge >= 0.3 is 11.7 Å². The molecular formula is C20H19Cl2N4O4S+. The van der Waals surface area contributed by atoms with Crippen LogP contribution < -0.4 is 15.8 Å². The number of ether oxygens (including phenoxy) is 1. The molecule has 3 aromatic rings. The van der Waals surface area contributed by atoms with E-state index in [1.807, 2.05) is 0 Å². The van der Waals surface area contributed by atoms with Crippen LogP contribution in [0.5, 0.6) is 0 Å². The zero-order valence-electron chi connectivity index (χ0n) is 16.5. The first-order valence-corrected chi connectivity index (χ1v) is 10.7. The molecule has 162 valence electrons. The Labute approximate surface area is 191 Å². The Hall–Kier alpha value is -2.72. The number of carbonyl (C=O) groups excluding carboxylic acids is 2. The lowest BCUT2D eigenvalue weighted by Gasteiger charge is -2.03. The molecule has 2 aromatic carbocycles. The molecule has 0 saturated heterocycles. The monoisotopic (exact) mass is 481 g/mol. The van der Waals surface area contributed by atoms with Gasteiger partial charge in [-0.25, -0.2) is 18.1 Å². The van der Waals surface area contributed by atoms with Gasteiger partial charge in [0, 0.05) is 15.6 Å². The number of benzene rings is 2. The van der Waals surface area contributed by atoms with E-state index >= 15 is 0 Å². The van der Waals surface area contributed by atoms with E-state index < -0.39 is 17.6 Å². The maximum absolute atomic E-state index is 12.9. The summed E-state index contributed by atoms with van der Waals surface area (Å²) in [5.41, 5.74) is 0.711. The maximum Gasteiger partial charge on any atom is 0.363 e. The Morgan fingerprint density at radius 2 is 1.68 bits per heavy atom. The zero-order chi connectivity index (χ0) is 22.4.